The Morgan fingerprint density at radius 2 is 2.00 bits per heavy atom. The molecule has 19 heavy (non-hydrogen) atoms. The monoisotopic (exact) mass is 277 g/mol. The summed E-state index contributed by atoms with van der Waals surface area (Å²) in [6.45, 7) is 5.73. The Balaban J connectivity index is 2.62. The lowest BCUT2D eigenvalue weighted by molar-refractivity contribution is 0.0916. The van der Waals surface area contributed by atoms with Gasteiger partial charge < -0.3 is 11.1 Å². The van der Waals surface area contributed by atoms with Crippen molar-refractivity contribution in [3.63, 3.8) is 0 Å². The average molecular weight is 278 g/mol. The molecule has 0 aliphatic rings. The van der Waals surface area contributed by atoms with Gasteiger partial charge in [-0.15, -0.1) is 0 Å². The summed E-state index contributed by atoms with van der Waals surface area (Å²) in [5.74, 6) is -0.259. The van der Waals surface area contributed by atoms with Gasteiger partial charge >= 0.3 is 0 Å². The maximum atomic E-state index is 12.3. The molecular formula is C14H16ClN3O. The Labute approximate surface area is 117 Å². The van der Waals surface area contributed by atoms with E-state index in [4.69, 9.17) is 17.3 Å². The van der Waals surface area contributed by atoms with Crippen LogP contribution < -0.4 is 11.1 Å². The fourth-order valence-electron chi connectivity index (χ4n) is 1.85. The van der Waals surface area contributed by atoms with E-state index in [2.05, 4.69) is 10.3 Å². The normalized spacial score (nSPS) is 11.6. The predicted octanol–water partition coefficient (Wildman–Crippen LogP) is 3.00. The quantitative estimate of drug-likeness (QED) is 0.788. The summed E-state index contributed by atoms with van der Waals surface area (Å²) >= 11 is 6.17. The Morgan fingerprint density at radius 1 is 1.32 bits per heavy atom. The topological polar surface area (TPSA) is 68.0 Å². The number of rotatable bonds is 1. The molecule has 0 bridgehead atoms. The number of nitrogens with zero attached hydrogens (tertiary/aromatic N) is 1. The molecular weight excluding hydrogens is 262 g/mol. The molecule has 0 aliphatic heterocycles. The number of pyridine rings is 1. The van der Waals surface area contributed by atoms with Gasteiger partial charge in [-0.3, -0.25) is 9.78 Å². The molecule has 1 amide bonds. The van der Waals surface area contributed by atoms with E-state index in [1.54, 1.807) is 24.4 Å². The lowest BCUT2D eigenvalue weighted by Gasteiger charge is -2.20. The van der Waals surface area contributed by atoms with Crippen molar-refractivity contribution in [1.29, 1.82) is 0 Å². The van der Waals surface area contributed by atoms with Crippen molar-refractivity contribution in [3.05, 3.63) is 35.1 Å². The Bertz CT molecular complexity index is 647. The van der Waals surface area contributed by atoms with Gasteiger partial charge in [0.2, 0.25) is 0 Å². The second-order valence-corrected chi connectivity index (χ2v) is 5.83. The molecule has 0 fully saturated rings. The van der Waals surface area contributed by atoms with E-state index in [1.165, 1.54) is 0 Å². The van der Waals surface area contributed by atoms with Crippen molar-refractivity contribution in [2.75, 3.05) is 5.73 Å². The Morgan fingerprint density at radius 3 is 2.63 bits per heavy atom. The zero-order chi connectivity index (χ0) is 14.2. The summed E-state index contributed by atoms with van der Waals surface area (Å²) in [6, 6.07) is 5.15. The second kappa shape index (κ2) is 4.70. The zero-order valence-electron chi connectivity index (χ0n) is 11.1. The number of hydrogen-bond donors (Lipinski definition) is 2. The van der Waals surface area contributed by atoms with Crippen LogP contribution in [-0.2, 0) is 0 Å². The molecule has 2 aromatic rings. The van der Waals surface area contributed by atoms with Gasteiger partial charge in [0.15, 0.2) is 0 Å². The summed E-state index contributed by atoms with van der Waals surface area (Å²) in [5, 5.41) is 4.67. The average Bonchev–Trinajstić information content (AvgIpc) is 2.31. The molecule has 0 aliphatic carbocycles. The number of carbonyl (C=O) groups excluding carboxylic acids is 1. The van der Waals surface area contributed by atoms with Crippen LogP contribution in [0.5, 0.6) is 0 Å². The van der Waals surface area contributed by atoms with E-state index < -0.39 is 0 Å². The largest absolute Gasteiger partial charge is 0.398 e. The third kappa shape index (κ3) is 2.79. The standard InChI is InChI=1S/C14H16ClN3O/c1-14(2,3)18-13(19)12-11-8(6-7-17-12)10(16)5-4-9(11)15/h4-7H,16H2,1-3H3,(H,18,19). The van der Waals surface area contributed by atoms with E-state index in [9.17, 15) is 4.79 Å². The highest BCUT2D eigenvalue weighted by Crippen LogP contribution is 2.30. The minimum atomic E-state index is -0.340. The molecule has 0 saturated carbocycles. The predicted molar refractivity (Wildman–Crippen MR) is 78.4 cm³/mol. The molecule has 5 heteroatoms. The maximum Gasteiger partial charge on any atom is 0.270 e. The van der Waals surface area contributed by atoms with Crippen LogP contribution in [0.1, 0.15) is 31.3 Å². The van der Waals surface area contributed by atoms with E-state index in [0.29, 0.717) is 21.8 Å². The third-order valence-corrected chi connectivity index (χ3v) is 2.93. The first-order valence-electron chi connectivity index (χ1n) is 5.95. The van der Waals surface area contributed by atoms with Gasteiger partial charge in [0.1, 0.15) is 5.69 Å². The SMILES string of the molecule is CC(C)(C)NC(=O)c1nccc2c(N)ccc(Cl)c12. The Kier molecular flexibility index (Phi) is 3.37. The van der Waals surface area contributed by atoms with Gasteiger partial charge in [0.05, 0.1) is 5.02 Å². The summed E-state index contributed by atoms with van der Waals surface area (Å²) in [7, 11) is 0. The van der Waals surface area contributed by atoms with E-state index in [1.807, 2.05) is 20.8 Å². The van der Waals surface area contributed by atoms with E-state index in [-0.39, 0.29) is 11.4 Å². The highest BCUT2D eigenvalue weighted by atomic mass is 35.5. The number of nitrogen functional groups attached to an aromatic ring is 1. The molecule has 2 rings (SSSR count). The second-order valence-electron chi connectivity index (χ2n) is 5.42. The number of aromatic nitrogens is 1. The van der Waals surface area contributed by atoms with Gasteiger partial charge in [-0.25, -0.2) is 0 Å². The lowest BCUT2D eigenvalue weighted by atomic mass is 10.1. The van der Waals surface area contributed by atoms with E-state index >= 15 is 0 Å². The summed E-state index contributed by atoms with van der Waals surface area (Å²) in [5.41, 5.74) is 6.44. The van der Waals surface area contributed by atoms with Crippen LogP contribution in [0, 0.1) is 0 Å². The fraction of sp³-hybridized carbons (Fsp3) is 0.286. The smallest absolute Gasteiger partial charge is 0.270 e. The van der Waals surface area contributed by atoms with Gasteiger partial charge in [0.25, 0.3) is 5.91 Å². The van der Waals surface area contributed by atoms with Crippen molar-refractivity contribution < 1.29 is 4.79 Å². The van der Waals surface area contributed by atoms with Crippen LogP contribution in [0.15, 0.2) is 24.4 Å². The number of nitrogens with one attached hydrogen (secondary N) is 1. The molecule has 1 heterocycles. The number of nitrogens with two attached hydrogens (primary N) is 1. The molecule has 3 N–H and O–H groups in total. The molecule has 4 nitrogen and oxygen atoms in total. The minimum Gasteiger partial charge on any atom is -0.398 e. The van der Waals surface area contributed by atoms with Crippen molar-refractivity contribution in [2.45, 2.75) is 26.3 Å². The number of benzene rings is 1. The molecule has 0 atom stereocenters. The van der Waals surface area contributed by atoms with Gasteiger partial charge in [-0.05, 0) is 39.0 Å². The number of carbonyl (C=O) groups is 1. The summed E-state index contributed by atoms with van der Waals surface area (Å²) < 4.78 is 0. The van der Waals surface area contributed by atoms with Gasteiger partial charge in [0, 0.05) is 28.2 Å². The van der Waals surface area contributed by atoms with Crippen molar-refractivity contribution in [2.24, 2.45) is 0 Å². The molecule has 0 radical (unpaired) electrons. The molecule has 100 valence electrons. The molecule has 0 spiro atoms. The van der Waals surface area contributed by atoms with E-state index in [0.717, 1.165) is 5.39 Å². The number of fused-ring (bicyclic) bond motifs is 1. The molecule has 0 unspecified atom stereocenters. The summed E-state index contributed by atoms with van der Waals surface area (Å²) in [4.78, 5) is 16.4. The number of halogens is 1. The molecule has 0 saturated heterocycles. The van der Waals surface area contributed by atoms with Gasteiger partial charge in [-0.1, -0.05) is 11.6 Å². The van der Waals surface area contributed by atoms with Crippen LogP contribution in [-0.4, -0.2) is 16.4 Å². The highest BCUT2D eigenvalue weighted by molar-refractivity contribution is 6.37. The first-order chi connectivity index (χ1) is 8.79. The number of hydrogen-bond acceptors (Lipinski definition) is 3. The highest BCUT2D eigenvalue weighted by Gasteiger charge is 2.20. The van der Waals surface area contributed by atoms with Crippen LogP contribution >= 0.6 is 11.6 Å². The molecule has 1 aromatic heterocycles. The zero-order valence-corrected chi connectivity index (χ0v) is 11.9. The van der Waals surface area contributed by atoms with Crippen LogP contribution in [0.3, 0.4) is 0 Å². The molecule has 1 aromatic carbocycles. The summed E-state index contributed by atoms with van der Waals surface area (Å²) in [6.07, 6.45) is 1.56. The lowest BCUT2D eigenvalue weighted by Crippen LogP contribution is -2.41. The number of anilines is 1. The minimum absolute atomic E-state index is 0.259. The third-order valence-electron chi connectivity index (χ3n) is 2.61. The first kappa shape index (κ1) is 13.6. The van der Waals surface area contributed by atoms with Crippen molar-refractivity contribution in [1.82, 2.24) is 10.3 Å². The number of amides is 1. The first-order valence-corrected chi connectivity index (χ1v) is 6.32. The van der Waals surface area contributed by atoms with Crippen molar-refractivity contribution >= 4 is 34.0 Å². The van der Waals surface area contributed by atoms with Gasteiger partial charge in [-0.2, -0.15) is 0 Å². The van der Waals surface area contributed by atoms with Crippen molar-refractivity contribution in [3.8, 4) is 0 Å². The maximum absolute atomic E-state index is 12.3. The Hall–Kier alpha value is -1.81. The fourth-order valence-corrected chi connectivity index (χ4v) is 2.11. The van der Waals surface area contributed by atoms with Crippen LogP contribution in [0.2, 0.25) is 5.02 Å². The van der Waals surface area contributed by atoms with Crippen LogP contribution in [0.4, 0.5) is 5.69 Å². The van der Waals surface area contributed by atoms with Crippen LogP contribution in [0.25, 0.3) is 10.8 Å².